The molecule has 0 radical (unpaired) electrons. The summed E-state index contributed by atoms with van der Waals surface area (Å²) in [5.41, 5.74) is -2.33. The van der Waals surface area contributed by atoms with Gasteiger partial charge in [0, 0.05) is 0 Å². The van der Waals surface area contributed by atoms with Gasteiger partial charge in [-0.1, -0.05) is 25.3 Å². The number of carbonyl (C=O) groups is 1. The third kappa shape index (κ3) is 2.46. The van der Waals surface area contributed by atoms with Crippen LogP contribution in [0.15, 0.2) is 18.2 Å². The van der Waals surface area contributed by atoms with Crippen LogP contribution >= 0.6 is 0 Å². The van der Waals surface area contributed by atoms with E-state index in [2.05, 4.69) is 0 Å². The van der Waals surface area contributed by atoms with Gasteiger partial charge in [-0.05, 0) is 30.5 Å². The van der Waals surface area contributed by atoms with Crippen molar-refractivity contribution in [2.24, 2.45) is 0 Å². The van der Waals surface area contributed by atoms with Gasteiger partial charge in [0.05, 0.1) is 11.0 Å². The molecule has 2 rings (SSSR count). The Morgan fingerprint density at radius 2 is 1.75 bits per heavy atom. The SMILES string of the molecule is O=C(O)C1(c2ccc(O)c(C(F)(F)F)c2)CCCCC1. The molecule has 6 heteroatoms. The molecule has 0 bridgehead atoms. The predicted molar refractivity (Wildman–Crippen MR) is 65.5 cm³/mol. The lowest BCUT2D eigenvalue weighted by atomic mass is 9.69. The molecule has 20 heavy (non-hydrogen) atoms. The highest BCUT2D eigenvalue weighted by molar-refractivity contribution is 5.81. The van der Waals surface area contributed by atoms with Gasteiger partial charge in [0.1, 0.15) is 5.75 Å². The number of aliphatic carboxylic acids is 1. The summed E-state index contributed by atoms with van der Waals surface area (Å²) in [7, 11) is 0. The largest absolute Gasteiger partial charge is 0.507 e. The highest BCUT2D eigenvalue weighted by Crippen LogP contribution is 2.43. The fraction of sp³-hybridized carbons (Fsp3) is 0.500. The van der Waals surface area contributed by atoms with E-state index in [1.165, 1.54) is 6.07 Å². The molecule has 0 saturated heterocycles. The Hall–Kier alpha value is -1.72. The van der Waals surface area contributed by atoms with Gasteiger partial charge in [-0.3, -0.25) is 4.79 Å². The minimum Gasteiger partial charge on any atom is -0.507 e. The molecule has 1 aliphatic rings. The monoisotopic (exact) mass is 288 g/mol. The fourth-order valence-electron chi connectivity index (χ4n) is 2.84. The van der Waals surface area contributed by atoms with Crippen molar-refractivity contribution in [2.75, 3.05) is 0 Å². The van der Waals surface area contributed by atoms with E-state index < -0.39 is 28.9 Å². The molecule has 1 fully saturated rings. The number of carboxylic acid groups (broad SMARTS) is 1. The second kappa shape index (κ2) is 5.00. The van der Waals surface area contributed by atoms with Crippen molar-refractivity contribution < 1.29 is 28.2 Å². The molecule has 3 nitrogen and oxygen atoms in total. The molecule has 0 aromatic heterocycles. The molecule has 2 N–H and O–H groups in total. The summed E-state index contributed by atoms with van der Waals surface area (Å²) in [6.07, 6.45) is -1.81. The second-order valence-electron chi connectivity index (χ2n) is 5.18. The summed E-state index contributed by atoms with van der Waals surface area (Å²) in [6, 6.07) is 2.98. The van der Waals surface area contributed by atoms with Crippen molar-refractivity contribution >= 4 is 5.97 Å². The summed E-state index contributed by atoms with van der Waals surface area (Å²) >= 11 is 0. The first-order chi connectivity index (χ1) is 9.27. The summed E-state index contributed by atoms with van der Waals surface area (Å²) in [5.74, 6) is -1.98. The Morgan fingerprint density at radius 1 is 1.15 bits per heavy atom. The number of aromatic hydroxyl groups is 1. The number of phenols is 1. The van der Waals surface area contributed by atoms with E-state index in [-0.39, 0.29) is 5.56 Å². The molecule has 1 aromatic rings. The Morgan fingerprint density at radius 3 is 2.25 bits per heavy atom. The van der Waals surface area contributed by atoms with Crippen molar-refractivity contribution in [1.29, 1.82) is 0 Å². The Labute approximate surface area is 114 Å². The van der Waals surface area contributed by atoms with E-state index in [0.717, 1.165) is 18.6 Å². The van der Waals surface area contributed by atoms with E-state index in [1.807, 2.05) is 0 Å². The van der Waals surface area contributed by atoms with Gasteiger partial charge >= 0.3 is 12.1 Å². The van der Waals surface area contributed by atoms with Crippen molar-refractivity contribution in [2.45, 2.75) is 43.7 Å². The smallest absolute Gasteiger partial charge is 0.419 e. The molecular formula is C14H15F3O3. The molecule has 0 heterocycles. The van der Waals surface area contributed by atoms with Crippen LogP contribution in [0.25, 0.3) is 0 Å². The van der Waals surface area contributed by atoms with Crippen LogP contribution in [0.2, 0.25) is 0 Å². The molecule has 0 amide bonds. The third-order valence-electron chi connectivity index (χ3n) is 3.97. The lowest BCUT2D eigenvalue weighted by Crippen LogP contribution is -2.38. The fourth-order valence-corrected chi connectivity index (χ4v) is 2.84. The maximum atomic E-state index is 12.8. The summed E-state index contributed by atoms with van der Waals surface area (Å²) in [6.45, 7) is 0. The Kier molecular flexibility index (Phi) is 3.67. The predicted octanol–water partition coefficient (Wildman–Crippen LogP) is 3.70. The average molecular weight is 288 g/mol. The molecule has 1 saturated carbocycles. The van der Waals surface area contributed by atoms with Crippen LogP contribution in [0.4, 0.5) is 13.2 Å². The zero-order chi connectivity index (χ0) is 15.0. The second-order valence-corrected chi connectivity index (χ2v) is 5.18. The highest BCUT2D eigenvalue weighted by atomic mass is 19.4. The molecule has 0 unspecified atom stereocenters. The molecule has 1 aromatic carbocycles. The Balaban J connectivity index is 2.53. The molecule has 0 aliphatic heterocycles. The highest BCUT2D eigenvalue weighted by Gasteiger charge is 2.43. The Bertz CT molecular complexity index is 517. The number of hydrogen-bond acceptors (Lipinski definition) is 2. The quantitative estimate of drug-likeness (QED) is 0.872. The number of alkyl halides is 3. The summed E-state index contributed by atoms with van der Waals surface area (Å²) in [4.78, 5) is 11.6. The van der Waals surface area contributed by atoms with Crippen molar-refractivity contribution in [1.82, 2.24) is 0 Å². The number of rotatable bonds is 2. The number of carboxylic acids is 1. The van der Waals surface area contributed by atoms with E-state index >= 15 is 0 Å². The van der Waals surface area contributed by atoms with Crippen LogP contribution in [0.1, 0.15) is 43.2 Å². The first-order valence-electron chi connectivity index (χ1n) is 6.41. The molecule has 110 valence electrons. The van der Waals surface area contributed by atoms with Crippen LogP contribution in [-0.4, -0.2) is 16.2 Å². The van der Waals surface area contributed by atoms with Gasteiger partial charge in [-0.15, -0.1) is 0 Å². The lowest BCUT2D eigenvalue weighted by Gasteiger charge is -2.34. The topological polar surface area (TPSA) is 57.5 Å². The van der Waals surface area contributed by atoms with Crippen molar-refractivity contribution in [3.05, 3.63) is 29.3 Å². The number of halogens is 3. The lowest BCUT2D eigenvalue weighted by molar-refractivity contribution is -0.146. The molecule has 1 aliphatic carbocycles. The van der Waals surface area contributed by atoms with Crippen LogP contribution in [0.3, 0.4) is 0 Å². The number of hydrogen-bond donors (Lipinski definition) is 2. The summed E-state index contributed by atoms with van der Waals surface area (Å²) < 4.78 is 38.4. The summed E-state index contributed by atoms with van der Waals surface area (Å²) in [5, 5.41) is 18.8. The van der Waals surface area contributed by atoms with Gasteiger partial charge in [0.25, 0.3) is 0 Å². The van der Waals surface area contributed by atoms with Gasteiger partial charge < -0.3 is 10.2 Å². The van der Waals surface area contributed by atoms with Crippen molar-refractivity contribution in [3.63, 3.8) is 0 Å². The first-order valence-corrected chi connectivity index (χ1v) is 6.41. The standard InChI is InChI=1S/C14H15F3O3/c15-14(16,17)10-8-9(4-5-11(10)18)13(12(19)20)6-2-1-3-7-13/h4-5,8,18H,1-3,6-7H2,(H,19,20). The van der Waals surface area contributed by atoms with Gasteiger partial charge in [0.2, 0.25) is 0 Å². The van der Waals surface area contributed by atoms with Crippen LogP contribution in [-0.2, 0) is 16.4 Å². The van der Waals surface area contributed by atoms with Gasteiger partial charge in [-0.2, -0.15) is 13.2 Å². The molecular weight excluding hydrogens is 273 g/mol. The minimum absolute atomic E-state index is 0.120. The zero-order valence-corrected chi connectivity index (χ0v) is 10.7. The van der Waals surface area contributed by atoms with Crippen LogP contribution in [0, 0.1) is 0 Å². The van der Waals surface area contributed by atoms with Crippen LogP contribution in [0.5, 0.6) is 5.75 Å². The normalized spacial score (nSPS) is 18.8. The average Bonchev–Trinajstić information content (AvgIpc) is 2.38. The van der Waals surface area contributed by atoms with Gasteiger partial charge in [0.15, 0.2) is 0 Å². The van der Waals surface area contributed by atoms with Crippen molar-refractivity contribution in [3.8, 4) is 5.75 Å². The van der Waals surface area contributed by atoms with E-state index in [1.54, 1.807) is 0 Å². The van der Waals surface area contributed by atoms with E-state index in [0.29, 0.717) is 25.7 Å². The molecule has 0 atom stereocenters. The first kappa shape index (κ1) is 14.7. The van der Waals surface area contributed by atoms with E-state index in [9.17, 15) is 28.2 Å². The maximum absolute atomic E-state index is 12.8. The zero-order valence-electron chi connectivity index (χ0n) is 10.7. The molecule has 0 spiro atoms. The number of benzene rings is 1. The van der Waals surface area contributed by atoms with Crippen LogP contribution < -0.4 is 0 Å². The third-order valence-corrected chi connectivity index (χ3v) is 3.97. The number of phenolic OH excluding ortho intramolecular Hbond substituents is 1. The van der Waals surface area contributed by atoms with E-state index in [4.69, 9.17) is 0 Å². The maximum Gasteiger partial charge on any atom is 0.419 e. The minimum atomic E-state index is -4.70. The van der Waals surface area contributed by atoms with Gasteiger partial charge in [-0.25, -0.2) is 0 Å².